The second-order valence-electron chi connectivity index (χ2n) is 5.09. The molecule has 0 spiro atoms. The Bertz CT molecular complexity index is 792. The van der Waals surface area contributed by atoms with E-state index < -0.39 is 0 Å². The maximum Gasteiger partial charge on any atom is 0.153 e. The standard InChI is InChI=1S/C16H15N5/c1-11-12-7-10-19-16-13(5-4-9-18-16)15(12)20-21(11)14-6-2-3-8-17-14/h2-6,8-9H,7,10H2,1H3,(H,18,19). The number of pyridine rings is 2. The van der Waals surface area contributed by atoms with Gasteiger partial charge in [-0.2, -0.15) is 5.10 Å². The molecule has 5 nitrogen and oxygen atoms in total. The van der Waals surface area contributed by atoms with Crippen LogP contribution in [0.3, 0.4) is 0 Å². The molecule has 0 atom stereocenters. The summed E-state index contributed by atoms with van der Waals surface area (Å²) in [5.74, 6) is 1.75. The minimum atomic E-state index is 0.849. The van der Waals surface area contributed by atoms with E-state index in [0.29, 0.717) is 0 Å². The number of fused-ring (bicyclic) bond motifs is 3. The predicted molar refractivity (Wildman–Crippen MR) is 81.5 cm³/mol. The highest BCUT2D eigenvalue weighted by Crippen LogP contribution is 2.33. The maximum absolute atomic E-state index is 4.80. The van der Waals surface area contributed by atoms with Crippen LogP contribution in [-0.4, -0.2) is 26.3 Å². The Morgan fingerprint density at radius 3 is 2.86 bits per heavy atom. The normalized spacial score (nSPS) is 13.0. The molecule has 1 N–H and O–H groups in total. The van der Waals surface area contributed by atoms with Gasteiger partial charge < -0.3 is 5.32 Å². The van der Waals surface area contributed by atoms with Gasteiger partial charge in [0.1, 0.15) is 11.5 Å². The average molecular weight is 277 g/mol. The molecule has 104 valence electrons. The summed E-state index contributed by atoms with van der Waals surface area (Å²) in [6.07, 6.45) is 4.53. The van der Waals surface area contributed by atoms with Gasteiger partial charge in [0.15, 0.2) is 5.82 Å². The highest BCUT2D eigenvalue weighted by molar-refractivity contribution is 5.76. The fourth-order valence-corrected chi connectivity index (χ4v) is 2.80. The first-order chi connectivity index (χ1) is 10.3. The van der Waals surface area contributed by atoms with Crippen LogP contribution in [0.1, 0.15) is 11.3 Å². The third-order valence-corrected chi connectivity index (χ3v) is 3.84. The highest BCUT2D eigenvalue weighted by Gasteiger charge is 2.22. The molecule has 21 heavy (non-hydrogen) atoms. The van der Waals surface area contributed by atoms with Crippen molar-refractivity contribution < 1.29 is 0 Å². The van der Waals surface area contributed by atoms with Gasteiger partial charge in [0.25, 0.3) is 0 Å². The van der Waals surface area contributed by atoms with E-state index in [1.54, 1.807) is 12.4 Å². The summed E-state index contributed by atoms with van der Waals surface area (Å²) < 4.78 is 1.92. The molecule has 4 rings (SSSR count). The lowest BCUT2D eigenvalue weighted by molar-refractivity contribution is 0.815. The fourth-order valence-electron chi connectivity index (χ4n) is 2.80. The van der Waals surface area contributed by atoms with Crippen molar-refractivity contribution in [1.29, 1.82) is 0 Å². The topological polar surface area (TPSA) is 55.6 Å². The Kier molecular flexibility index (Phi) is 2.70. The van der Waals surface area contributed by atoms with Crippen LogP contribution in [0.4, 0.5) is 5.82 Å². The number of anilines is 1. The molecule has 0 fully saturated rings. The zero-order valence-corrected chi connectivity index (χ0v) is 11.7. The molecule has 0 saturated heterocycles. The summed E-state index contributed by atoms with van der Waals surface area (Å²) in [5.41, 5.74) is 4.47. The molecule has 0 bridgehead atoms. The lowest BCUT2D eigenvalue weighted by atomic mass is 10.1. The quantitative estimate of drug-likeness (QED) is 0.743. The zero-order chi connectivity index (χ0) is 14.2. The molecule has 4 heterocycles. The SMILES string of the molecule is Cc1c2c(nn1-c1ccccn1)-c1cccnc1NCC2. The molecular weight excluding hydrogens is 262 g/mol. The van der Waals surface area contributed by atoms with Crippen LogP contribution >= 0.6 is 0 Å². The molecule has 0 radical (unpaired) electrons. The van der Waals surface area contributed by atoms with Gasteiger partial charge in [-0.3, -0.25) is 0 Å². The van der Waals surface area contributed by atoms with E-state index in [1.807, 2.05) is 28.9 Å². The van der Waals surface area contributed by atoms with Crippen molar-refractivity contribution in [3.8, 4) is 17.1 Å². The molecule has 3 aromatic heterocycles. The van der Waals surface area contributed by atoms with Gasteiger partial charge in [0, 0.05) is 35.8 Å². The molecule has 0 aromatic carbocycles. The molecule has 0 saturated carbocycles. The Balaban J connectivity index is 1.95. The molecule has 0 unspecified atom stereocenters. The van der Waals surface area contributed by atoms with Gasteiger partial charge in [0.05, 0.1) is 0 Å². The minimum Gasteiger partial charge on any atom is -0.369 e. The van der Waals surface area contributed by atoms with Crippen molar-refractivity contribution in [2.45, 2.75) is 13.3 Å². The van der Waals surface area contributed by atoms with Gasteiger partial charge >= 0.3 is 0 Å². The number of hydrogen-bond donors (Lipinski definition) is 1. The van der Waals surface area contributed by atoms with Gasteiger partial charge in [-0.05, 0) is 37.6 Å². The third-order valence-electron chi connectivity index (χ3n) is 3.84. The van der Waals surface area contributed by atoms with Crippen molar-refractivity contribution in [1.82, 2.24) is 19.7 Å². The van der Waals surface area contributed by atoms with E-state index >= 15 is 0 Å². The predicted octanol–water partition coefficient (Wildman–Crippen LogP) is 2.61. The number of aromatic nitrogens is 4. The van der Waals surface area contributed by atoms with E-state index in [2.05, 4.69) is 28.3 Å². The maximum atomic E-state index is 4.80. The van der Waals surface area contributed by atoms with E-state index in [9.17, 15) is 0 Å². The Hall–Kier alpha value is -2.69. The summed E-state index contributed by atoms with van der Waals surface area (Å²) in [6.45, 7) is 2.97. The van der Waals surface area contributed by atoms with Crippen LogP contribution in [0.25, 0.3) is 17.1 Å². The average Bonchev–Trinajstić information content (AvgIpc) is 2.75. The first kappa shape index (κ1) is 12.1. The smallest absolute Gasteiger partial charge is 0.153 e. The van der Waals surface area contributed by atoms with Crippen LogP contribution < -0.4 is 5.32 Å². The minimum absolute atomic E-state index is 0.849. The Morgan fingerprint density at radius 1 is 1.10 bits per heavy atom. The zero-order valence-electron chi connectivity index (χ0n) is 11.7. The van der Waals surface area contributed by atoms with Gasteiger partial charge in [0.2, 0.25) is 0 Å². The number of nitrogens with zero attached hydrogens (tertiary/aromatic N) is 4. The lowest BCUT2D eigenvalue weighted by Crippen LogP contribution is -2.06. The van der Waals surface area contributed by atoms with Gasteiger partial charge in [-0.1, -0.05) is 6.07 Å². The van der Waals surface area contributed by atoms with Crippen molar-refractivity contribution in [2.75, 3.05) is 11.9 Å². The van der Waals surface area contributed by atoms with Crippen molar-refractivity contribution in [2.24, 2.45) is 0 Å². The van der Waals surface area contributed by atoms with Crippen molar-refractivity contribution in [3.05, 3.63) is 54.0 Å². The van der Waals surface area contributed by atoms with Crippen LogP contribution in [0.15, 0.2) is 42.7 Å². The molecule has 0 amide bonds. The van der Waals surface area contributed by atoms with Crippen LogP contribution in [-0.2, 0) is 6.42 Å². The Morgan fingerprint density at radius 2 is 2.00 bits per heavy atom. The molecule has 0 aliphatic carbocycles. The van der Waals surface area contributed by atoms with Gasteiger partial charge in [-0.15, -0.1) is 0 Å². The summed E-state index contributed by atoms with van der Waals surface area (Å²) in [7, 11) is 0. The first-order valence-corrected chi connectivity index (χ1v) is 7.04. The van der Waals surface area contributed by atoms with E-state index in [1.165, 1.54) is 5.56 Å². The molecule has 1 aliphatic rings. The number of hydrogen-bond acceptors (Lipinski definition) is 4. The van der Waals surface area contributed by atoms with Crippen molar-refractivity contribution >= 4 is 5.82 Å². The number of rotatable bonds is 1. The summed E-state index contributed by atoms with van der Waals surface area (Å²) in [5, 5.41) is 8.16. The summed E-state index contributed by atoms with van der Waals surface area (Å²) >= 11 is 0. The monoisotopic (exact) mass is 277 g/mol. The second-order valence-corrected chi connectivity index (χ2v) is 5.09. The largest absolute Gasteiger partial charge is 0.369 e. The molecule has 3 aromatic rings. The van der Waals surface area contributed by atoms with Gasteiger partial charge in [-0.25, -0.2) is 14.6 Å². The second kappa shape index (κ2) is 4.70. The Labute approximate surface area is 122 Å². The van der Waals surface area contributed by atoms with E-state index in [-0.39, 0.29) is 0 Å². The highest BCUT2D eigenvalue weighted by atomic mass is 15.3. The van der Waals surface area contributed by atoms with E-state index in [4.69, 9.17) is 5.10 Å². The third kappa shape index (κ3) is 1.89. The molecule has 1 aliphatic heterocycles. The molecular formula is C16H15N5. The van der Waals surface area contributed by atoms with Crippen LogP contribution in [0.2, 0.25) is 0 Å². The summed E-state index contributed by atoms with van der Waals surface area (Å²) in [4.78, 5) is 8.82. The molecule has 5 heteroatoms. The number of nitrogens with one attached hydrogen (secondary N) is 1. The van der Waals surface area contributed by atoms with Crippen LogP contribution in [0, 0.1) is 6.92 Å². The lowest BCUT2D eigenvalue weighted by Gasteiger charge is -2.06. The first-order valence-electron chi connectivity index (χ1n) is 7.04. The van der Waals surface area contributed by atoms with Crippen LogP contribution in [0.5, 0.6) is 0 Å². The summed E-state index contributed by atoms with van der Waals surface area (Å²) in [6, 6.07) is 9.88. The van der Waals surface area contributed by atoms with Crippen molar-refractivity contribution in [3.63, 3.8) is 0 Å². The fraction of sp³-hybridized carbons (Fsp3) is 0.188. The van der Waals surface area contributed by atoms with E-state index in [0.717, 1.165) is 41.6 Å².